The predicted molar refractivity (Wildman–Crippen MR) is 55.3 cm³/mol. The molecule has 1 atom stereocenters. The van der Waals surface area contributed by atoms with Crippen LogP contribution in [0.2, 0.25) is 0 Å². The molecule has 0 radical (unpaired) electrons. The largest absolute Gasteiger partial charge is 0.480 e. The molecule has 16 heavy (non-hydrogen) atoms. The molecule has 0 bridgehead atoms. The van der Waals surface area contributed by atoms with Crippen molar-refractivity contribution in [3.8, 4) is 0 Å². The Labute approximate surface area is 92.1 Å². The fourth-order valence-corrected chi connectivity index (χ4v) is 1.14. The molecule has 5 heteroatoms. The van der Waals surface area contributed by atoms with Gasteiger partial charge in [0, 0.05) is 0 Å². The number of benzene rings is 1. The van der Waals surface area contributed by atoms with Gasteiger partial charge in [-0.05, 0) is 24.6 Å². The van der Waals surface area contributed by atoms with E-state index in [1.54, 1.807) is 0 Å². The van der Waals surface area contributed by atoms with Crippen LogP contribution in [0.3, 0.4) is 0 Å². The lowest BCUT2D eigenvalue weighted by molar-refractivity contribution is -0.141. The van der Waals surface area contributed by atoms with Crippen molar-refractivity contribution < 1.29 is 19.1 Å². The minimum absolute atomic E-state index is 0.0396. The fourth-order valence-electron chi connectivity index (χ4n) is 1.14. The molecular formula is C11H12FNO3. The van der Waals surface area contributed by atoms with Gasteiger partial charge < -0.3 is 10.4 Å². The molecule has 2 N–H and O–H groups in total. The van der Waals surface area contributed by atoms with Crippen molar-refractivity contribution in [2.24, 2.45) is 0 Å². The molecule has 0 aromatic heterocycles. The molecule has 0 aliphatic carbocycles. The number of aliphatic carboxylic acids is 1. The van der Waals surface area contributed by atoms with Crippen LogP contribution >= 0.6 is 0 Å². The van der Waals surface area contributed by atoms with E-state index >= 15 is 0 Å². The van der Waals surface area contributed by atoms with Gasteiger partial charge in [-0.3, -0.25) is 9.59 Å². The van der Waals surface area contributed by atoms with Crippen LogP contribution in [0.1, 0.15) is 12.5 Å². The Morgan fingerprint density at radius 2 is 1.94 bits per heavy atom. The van der Waals surface area contributed by atoms with E-state index in [9.17, 15) is 14.0 Å². The van der Waals surface area contributed by atoms with Gasteiger partial charge in [-0.25, -0.2) is 4.39 Å². The molecule has 0 saturated heterocycles. The van der Waals surface area contributed by atoms with Crippen LogP contribution in [-0.2, 0) is 16.0 Å². The van der Waals surface area contributed by atoms with E-state index in [0.717, 1.165) is 0 Å². The summed E-state index contributed by atoms with van der Waals surface area (Å²) < 4.78 is 12.6. The van der Waals surface area contributed by atoms with Gasteiger partial charge in [0.15, 0.2) is 0 Å². The third-order valence-electron chi connectivity index (χ3n) is 2.03. The molecule has 0 aliphatic rings. The molecule has 0 saturated carbocycles. The highest BCUT2D eigenvalue weighted by Crippen LogP contribution is 2.03. The summed E-state index contributed by atoms with van der Waals surface area (Å²) in [6.07, 6.45) is 0.0396. The molecule has 1 aromatic carbocycles. The summed E-state index contributed by atoms with van der Waals surface area (Å²) in [5, 5.41) is 10.9. The highest BCUT2D eigenvalue weighted by atomic mass is 19.1. The lowest BCUT2D eigenvalue weighted by Crippen LogP contribution is -2.39. The lowest BCUT2D eigenvalue weighted by atomic mass is 10.1. The van der Waals surface area contributed by atoms with E-state index in [2.05, 4.69) is 5.32 Å². The third-order valence-corrected chi connectivity index (χ3v) is 2.03. The monoisotopic (exact) mass is 225 g/mol. The molecular weight excluding hydrogens is 213 g/mol. The van der Waals surface area contributed by atoms with Gasteiger partial charge in [-0.15, -0.1) is 0 Å². The fraction of sp³-hybridized carbons (Fsp3) is 0.273. The summed E-state index contributed by atoms with van der Waals surface area (Å²) in [7, 11) is 0. The van der Waals surface area contributed by atoms with Crippen molar-refractivity contribution in [2.45, 2.75) is 19.4 Å². The van der Waals surface area contributed by atoms with Gasteiger partial charge in [-0.2, -0.15) is 0 Å². The Morgan fingerprint density at radius 1 is 1.38 bits per heavy atom. The number of rotatable bonds is 4. The molecule has 0 aliphatic heterocycles. The zero-order chi connectivity index (χ0) is 12.1. The summed E-state index contributed by atoms with van der Waals surface area (Å²) in [4.78, 5) is 21.8. The van der Waals surface area contributed by atoms with Gasteiger partial charge >= 0.3 is 5.97 Å². The maximum absolute atomic E-state index is 12.6. The second kappa shape index (κ2) is 5.25. The number of carbonyl (C=O) groups excluding carboxylic acids is 1. The SMILES string of the molecule is C[C@H](NC(=O)Cc1ccc(F)cc1)C(=O)O. The lowest BCUT2D eigenvalue weighted by Gasteiger charge is -2.08. The van der Waals surface area contributed by atoms with Crippen LogP contribution in [0, 0.1) is 5.82 Å². The van der Waals surface area contributed by atoms with E-state index in [-0.39, 0.29) is 12.2 Å². The smallest absolute Gasteiger partial charge is 0.325 e. The first kappa shape index (κ1) is 12.2. The van der Waals surface area contributed by atoms with Crippen LogP contribution in [0.5, 0.6) is 0 Å². The Bertz CT molecular complexity index is 389. The molecule has 1 amide bonds. The van der Waals surface area contributed by atoms with Crippen molar-refractivity contribution in [1.82, 2.24) is 5.32 Å². The van der Waals surface area contributed by atoms with Gasteiger partial charge in [0.05, 0.1) is 6.42 Å². The summed E-state index contributed by atoms with van der Waals surface area (Å²) in [5.74, 6) is -1.86. The van der Waals surface area contributed by atoms with Crippen LogP contribution < -0.4 is 5.32 Å². The first-order valence-corrected chi connectivity index (χ1v) is 4.75. The van der Waals surface area contributed by atoms with Crippen LogP contribution in [0.25, 0.3) is 0 Å². The van der Waals surface area contributed by atoms with Crippen molar-refractivity contribution in [1.29, 1.82) is 0 Å². The van der Waals surface area contributed by atoms with E-state index in [1.807, 2.05) is 0 Å². The first-order chi connectivity index (χ1) is 7.49. The van der Waals surface area contributed by atoms with Crippen LogP contribution in [0.15, 0.2) is 24.3 Å². The van der Waals surface area contributed by atoms with Crippen molar-refractivity contribution in [3.63, 3.8) is 0 Å². The molecule has 0 heterocycles. The van der Waals surface area contributed by atoms with E-state index < -0.39 is 17.9 Å². The average molecular weight is 225 g/mol. The Morgan fingerprint density at radius 3 is 2.44 bits per heavy atom. The van der Waals surface area contributed by atoms with E-state index in [1.165, 1.54) is 31.2 Å². The van der Waals surface area contributed by atoms with Gasteiger partial charge in [0.2, 0.25) is 5.91 Å². The predicted octanol–water partition coefficient (Wildman–Crippen LogP) is 0.957. The molecule has 1 rings (SSSR count). The molecule has 0 unspecified atom stereocenters. The molecule has 1 aromatic rings. The van der Waals surface area contributed by atoms with Crippen molar-refractivity contribution >= 4 is 11.9 Å². The number of carboxylic acid groups (broad SMARTS) is 1. The maximum atomic E-state index is 12.6. The summed E-state index contributed by atoms with van der Waals surface area (Å²) in [6, 6.07) is 4.56. The third kappa shape index (κ3) is 3.68. The first-order valence-electron chi connectivity index (χ1n) is 4.75. The number of nitrogens with one attached hydrogen (secondary N) is 1. The summed E-state index contributed by atoms with van der Waals surface area (Å²) >= 11 is 0. The van der Waals surface area contributed by atoms with Crippen LogP contribution in [0.4, 0.5) is 4.39 Å². The molecule has 4 nitrogen and oxygen atoms in total. The topological polar surface area (TPSA) is 66.4 Å². The Hall–Kier alpha value is -1.91. The van der Waals surface area contributed by atoms with Crippen molar-refractivity contribution in [3.05, 3.63) is 35.6 Å². The van der Waals surface area contributed by atoms with Gasteiger partial charge in [-0.1, -0.05) is 12.1 Å². The summed E-state index contributed by atoms with van der Waals surface area (Å²) in [6.45, 7) is 1.38. The number of halogens is 1. The average Bonchev–Trinajstić information content (AvgIpc) is 2.21. The van der Waals surface area contributed by atoms with E-state index in [0.29, 0.717) is 5.56 Å². The number of carbonyl (C=O) groups is 2. The zero-order valence-electron chi connectivity index (χ0n) is 8.74. The molecule has 0 spiro atoms. The second-order valence-corrected chi connectivity index (χ2v) is 3.43. The Kier molecular flexibility index (Phi) is 3.99. The Balaban J connectivity index is 2.52. The van der Waals surface area contributed by atoms with Crippen LogP contribution in [-0.4, -0.2) is 23.0 Å². The van der Waals surface area contributed by atoms with Crippen molar-refractivity contribution in [2.75, 3.05) is 0 Å². The van der Waals surface area contributed by atoms with Gasteiger partial charge in [0.1, 0.15) is 11.9 Å². The summed E-state index contributed by atoms with van der Waals surface area (Å²) in [5.41, 5.74) is 0.636. The zero-order valence-corrected chi connectivity index (χ0v) is 8.74. The quantitative estimate of drug-likeness (QED) is 0.802. The number of amides is 1. The highest BCUT2D eigenvalue weighted by Gasteiger charge is 2.13. The molecule has 86 valence electrons. The minimum atomic E-state index is -1.09. The number of carboxylic acids is 1. The normalized spacial score (nSPS) is 11.9. The maximum Gasteiger partial charge on any atom is 0.325 e. The standard InChI is InChI=1S/C11H12FNO3/c1-7(11(15)16)13-10(14)6-8-2-4-9(12)5-3-8/h2-5,7H,6H2,1H3,(H,13,14)(H,15,16)/t7-/m0/s1. The number of hydrogen-bond acceptors (Lipinski definition) is 2. The van der Waals surface area contributed by atoms with E-state index in [4.69, 9.17) is 5.11 Å². The minimum Gasteiger partial charge on any atom is -0.480 e. The van der Waals surface area contributed by atoms with Gasteiger partial charge in [0.25, 0.3) is 0 Å². The number of hydrogen-bond donors (Lipinski definition) is 2. The second-order valence-electron chi connectivity index (χ2n) is 3.43. The molecule has 0 fully saturated rings. The highest BCUT2D eigenvalue weighted by molar-refractivity contribution is 5.84.